The Morgan fingerprint density at radius 3 is 2.76 bits per heavy atom. The molecular formula is C15H17N3O3. The summed E-state index contributed by atoms with van der Waals surface area (Å²) in [4.78, 5) is 15.7. The van der Waals surface area contributed by atoms with Crippen LogP contribution in [0.2, 0.25) is 0 Å². The van der Waals surface area contributed by atoms with Crippen molar-refractivity contribution in [2.24, 2.45) is 0 Å². The number of aromatic nitrogens is 1. The standard InChI is InChI=1S/C15H17N3O3/c1-20-15(19)13-3-2-8-17-14(13)18-9-10-21-12-6-4-11(16)5-7-12/h2-8H,9-10,16H2,1H3,(H,17,18). The Bertz CT molecular complexity index is 599. The number of esters is 1. The molecular weight excluding hydrogens is 270 g/mol. The van der Waals surface area contributed by atoms with Crippen LogP contribution >= 0.6 is 0 Å². The Balaban J connectivity index is 1.86. The molecule has 3 N–H and O–H groups in total. The largest absolute Gasteiger partial charge is 0.492 e. The monoisotopic (exact) mass is 287 g/mol. The van der Waals surface area contributed by atoms with Crippen LogP contribution in [-0.4, -0.2) is 31.2 Å². The Morgan fingerprint density at radius 2 is 2.05 bits per heavy atom. The molecule has 2 rings (SSSR count). The number of nitrogens with one attached hydrogen (secondary N) is 1. The van der Waals surface area contributed by atoms with Gasteiger partial charge in [-0.1, -0.05) is 0 Å². The Labute approximate surface area is 122 Å². The quantitative estimate of drug-likeness (QED) is 0.480. The van der Waals surface area contributed by atoms with Crippen molar-refractivity contribution >= 4 is 17.5 Å². The van der Waals surface area contributed by atoms with Crippen LogP contribution in [0, 0.1) is 0 Å². The summed E-state index contributed by atoms with van der Waals surface area (Å²) in [7, 11) is 1.34. The van der Waals surface area contributed by atoms with E-state index in [1.807, 2.05) is 0 Å². The summed E-state index contributed by atoms with van der Waals surface area (Å²) in [6.45, 7) is 0.937. The van der Waals surface area contributed by atoms with Crippen LogP contribution < -0.4 is 15.8 Å². The summed E-state index contributed by atoms with van der Waals surface area (Å²) >= 11 is 0. The molecule has 6 heteroatoms. The maximum absolute atomic E-state index is 11.6. The summed E-state index contributed by atoms with van der Waals surface area (Å²) in [5, 5.41) is 3.05. The molecule has 2 aromatic rings. The molecule has 1 heterocycles. The number of ether oxygens (including phenoxy) is 2. The molecule has 1 aromatic heterocycles. The lowest BCUT2D eigenvalue weighted by Gasteiger charge is -2.10. The first-order valence-corrected chi connectivity index (χ1v) is 6.46. The van der Waals surface area contributed by atoms with Gasteiger partial charge in [-0.15, -0.1) is 0 Å². The number of anilines is 2. The molecule has 21 heavy (non-hydrogen) atoms. The number of carbonyl (C=O) groups excluding carboxylic acids is 1. The summed E-state index contributed by atoms with van der Waals surface area (Å²) in [6.07, 6.45) is 1.61. The van der Waals surface area contributed by atoms with Crippen LogP contribution in [0.3, 0.4) is 0 Å². The fourth-order valence-corrected chi connectivity index (χ4v) is 1.72. The van der Waals surface area contributed by atoms with Crippen molar-refractivity contribution in [3.05, 3.63) is 48.2 Å². The van der Waals surface area contributed by atoms with E-state index >= 15 is 0 Å². The zero-order valence-corrected chi connectivity index (χ0v) is 11.7. The van der Waals surface area contributed by atoms with Crippen LogP contribution in [0.4, 0.5) is 11.5 Å². The highest BCUT2D eigenvalue weighted by molar-refractivity contribution is 5.94. The zero-order chi connectivity index (χ0) is 15.1. The fourth-order valence-electron chi connectivity index (χ4n) is 1.72. The molecule has 0 aliphatic rings. The molecule has 0 amide bonds. The van der Waals surface area contributed by atoms with E-state index in [-0.39, 0.29) is 0 Å². The van der Waals surface area contributed by atoms with Gasteiger partial charge in [-0.05, 0) is 36.4 Å². The molecule has 0 unspecified atom stereocenters. The Hall–Kier alpha value is -2.76. The molecule has 0 radical (unpaired) electrons. The minimum absolute atomic E-state index is 0.396. The highest BCUT2D eigenvalue weighted by Crippen LogP contribution is 2.14. The lowest BCUT2D eigenvalue weighted by Crippen LogP contribution is -2.15. The second-order valence-electron chi connectivity index (χ2n) is 4.24. The lowest BCUT2D eigenvalue weighted by atomic mass is 10.2. The summed E-state index contributed by atoms with van der Waals surface area (Å²) in [6, 6.07) is 10.5. The minimum atomic E-state index is -0.426. The summed E-state index contributed by atoms with van der Waals surface area (Å²) in [5.74, 6) is 0.788. The Kier molecular flexibility index (Phi) is 4.98. The number of pyridine rings is 1. The van der Waals surface area contributed by atoms with Gasteiger partial charge < -0.3 is 20.5 Å². The average Bonchev–Trinajstić information content (AvgIpc) is 2.53. The predicted octanol–water partition coefficient (Wildman–Crippen LogP) is 1.94. The predicted molar refractivity (Wildman–Crippen MR) is 80.4 cm³/mol. The van der Waals surface area contributed by atoms with Gasteiger partial charge in [-0.25, -0.2) is 9.78 Å². The molecule has 0 aliphatic carbocycles. The van der Waals surface area contributed by atoms with E-state index in [1.165, 1.54) is 7.11 Å². The molecule has 1 aromatic carbocycles. The number of carbonyl (C=O) groups is 1. The van der Waals surface area contributed by atoms with Gasteiger partial charge in [0.25, 0.3) is 0 Å². The van der Waals surface area contributed by atoms with Gasteiger partial charge in [0.1, 0.15) is 23.7 Å². The van der Waals surface area contributed by atoms with Crippen molar-refractivity contribution in [3.8, 4) is 5.75 Å². The third kappa shape index (κ3) is 4.10. The second kappa shape index (κ2) is 7.14. The van der Waals surface area contributed by atoms with Crippen LogP contribution in [-0.2, 0) is 4.74 Å². The summed E-state index contributed by atoms with van der Waals surface area (Å²) < 4.78 is 10.2. The minimum Gasteiger partial charge on any atom is -0.492 e. The molecule has 0 saturated carbocycles. The van der Waals surface area contributed by atoms with E-state index in [9.17, 15) is 4.79 Å². The highest BCUT2D eigenvalue weighted by Gasteiger charge is 2.11. The van der Waals surface area contributed by atoms with Crippen molar-refractivity contribution in [1.29, 1.82) is 0 Å². The van der Waals surface area contributed by atoms with Gasteiger partial charge in [-0.2, -0.15) is 0 Å². The number of hydrogen-bond donors (Lipinski definition) is 2. The van der Waals surface area contributed by atoms with Gasteiger partial charge in [0.05, 0.1) is 13.7 Å². The first kappa shape index (κ1) is 14.6. The van der Waals surface area contributed by atoms with E-state index in [4.69, 9.17) is 15.2 Å². The van der Waals surface area contributed by atoms with Crippen molar-refractivity contribution in [2.75, 3.05) is 31.3 Å². The average molecular weight is 287 g/mol. The number of nitrogen functional groups attached to an aromatic ring is 1. The van der Waals surface area contributed by atoms with Crippen molar-refractivity contribution in [3.63, 3.8) is 0 Å². The first-order chi connectivity index (χ1) is 10.2. The first-order valence-electron chi connectivity index (χ1n) is 6.46. The maximum atomic E-state index is 11.6. The van der Waals surface area contributed by atoms with Gasteiger partial charge in [0.15, 0.2) is 0 Å². The topological polar surface area (TPSA) is 86.5 Å². The van der Waals surface area contributed by atoms with E-state index in [1.54, 1.807) is 42.6 Å². The van der Waals surface area contributed by atoms with Crippen LogP contribution in [0.25, 0.3) is 0 Å². The summed E-state index contributed by atoms with van der Waals surface area (Å²) in [5.41, 5.74) is 6.68. The number of hydrogen-bond acceptors (Lipinski definition) is 6. The SMILES string of the molecule is COC(=O)c1cccnc1NCCOc1ccc(N)cc1. The molecule has 110 valence electrons. The third-order valence-corrected chi connectivity index (χ3v) is 2.76. The molecule has 0 atom stereocenters. The Morgan fingerprint density at radius 1 is 1.29 bits per heavy atom. The second-order valence-corrected chi connectivity index (χ2v) is 4.24. The fraction of sp³-hybridized carbons (Fsp3) is 0.200. The molecule has 0 aliphatic heterocycles. The lowest BCUT2D eigenvalue weighted by molar-refractivity contribution is 0.0601. The molecule has 0 fully saturated rings. The van der Waals surface area contributed by atoms with E-state index in [0.717, 1.165) is 5.75 Å². The molecule has 0 spiro atoms. The number of nitrogens with two attached hydrogens (primary N) is 1. The number of benzene rings is 1. The van der Waals surface area contributed by atoms with Crippen LogP contribution in [0.15, 0.2) is 42.6 Å². The van der Waals surface area contributed by atoms with E-state index < -0.39 is 5.97 Å². The smallest absolute Gasteiger partial charge is 0.341 e. The van der Waals surface area contributed by atoms with Gasteiger partial charge >= 0.3 is 5.97 Å². The molecule has 6 nitrogen and oxygen atoms in total. The molecule has 0 bridgehead atoms. The van der Waals surface area contributed by atoms with E-state index in [0.29, 0.717) is 30.2 Å². The van der Waals surface area contributed by atoms with Gasteiger partial charge in [0.2, 0.25) is 0 Å². The molecule has 0 saturated heterocycles. The number of methoxy groups -OCH3 is 1. The highest BCUT2D eigenvalue weighted by atomic mass is 16.5. The van der Waals surface area contributed by atoms with Gasteiger partial charge in [-0.3, -0.25) is 0 Å². The van der Waals surface area contributed by atoms with Gasteiger partial charge in [0, 0.05) is 11.9 Å². The van der Waals surface area contributed by atoms with Crippen molar-refractivity contribution in [2.45, 2.75) is 0 Å². The van der Waals surface area contributed by atoms with Crippen molar-refractivity contribution in [1.82, 2.24) is 4.98 Å². The third-order valence-electron chi connectivity index (χ3n) is 2.76. The number of rotatable bonds is 6. The van der Waals surface area contributed by atoms with Crippen molar-refractivity contribution < 1.29 is 14.3 Å². The number of nitrogens with zero attached hydrogens (tertiary/aromatic N) is 1. The maximum Gasteiger partial charge on any atom is 0.341 e. The zero-order valence-electron chi connectivity index (χ0n) is 11.7. The van der Waals surface area contributed by atoms with E-state index in [2.05, 4.69) is 10.3 Å². The van der Waals surface area contributed by atoms with Crippen LogP contribution in [0.1, 0.15) is 10.4 Å². The van der Waals surface area contributed by atoms with Crippen LogP contribution in [0.5, 0.6) is 5.75 Å². The normalized spacial score (nSPS) is 9.95.